The van der Waals surface area contributed by atoms with E-state index in [1.165, 1.54) is 0 Å². The molecule has 0 saturated carbocycles. The van der Waals surface area contributed by atoms with Gasteiger partial charge in [-0.15, -0.1) is 0 Å². The summed E-state index contributed by atoms with van der Waals surface area (Å²) in [5, 5.41) is 7.67. The van der Waals surface area contributed by atoms with Crippen molar-refractivity contribution < 1.29 is 9.15 Å². The van der Waals surface area contributed by atoms with Gasteiger partial charge >= 0.3 is 0 Å². The Hall–Kier alpha value is -1.11. The highest BCUT2D eigenvalue weighted by atomic mass is 79.9. The van der Waals surface area contributed by atoms with Gasteiger partial charge in [0.25, 0.3) is 0 Å². The molecule has 0 spiro atoms. The van der Waals surface area contributed by atoms with Gasteiger partial charge in [-0.1, -0.05) is 6.92 Å². The van der Waals surface area contributed by atoms with Crippen molar-refractivity contribution in [3.05, 3.63) is 40.0 Å². The number of ether oxygens (including phenoxy) is 1. The Balaban J connectivity index is 2.33. The summed E-state index contributed by atoms with van der Waals surface area (Å²) in [7, 11) is 3.60. The van der Waals surface area contributed by atoms with Gasteiger partial charge in [0.05, 0.1) is 29.5 Å². The SMILES string of the molecule is CCc1ccc(C(NC)c2c(Br)cnn2CCOC)o1. The highest BCUT2D eigenvalue weighted by Gasteiger charge is 2.23. The van der Waals surface area contributed by atoms with Crippen molar-refractivity contribution in [3.63, 3.8) is 0 Å². The fourth-order valence-corrected chi connectivity index (χ4v) is 2.69. The van der Waals surface area contributed by atoms with Crippen molar-refractivity contribution >= 4 is 15.9 Å². The van der Waals surface area contributed by atoms with Gasteiger partial charge in [-0.3, -0.25) is 4.68 Å². The van der Waals surface area contributed by atoms with E-state index in [2.05, 4.69) is 33.3 Å². The van der Waals surface area contributed by atoms with Crippen LogP contribution in [0, 0.1) is 0 Å². The maximum atomic E-state index is 5.87. The van der Waals surface area contributed by atoms with Crippen LogP contribution in [0.4, 0.5) is 0 Å². The van der Waals surface area contributed by atoms with Crippen LogP contribution in [0.2, 0.25) is 0 Å². The molecule has 2 heterocycles. The zero-order chi connectivity index (χ0) is 14.5. The molecule has 0 fully saturated rings. The van der Waals surface area contributed by atoms with E-state index >= 15 is 0 Å². The molecule has 0 aromatic carbocycles. The molecular weight excluding hydrogens is 322 g/mol. The van der Waals surface area contributed by atoms with Gasteiger partial charge in [0.15, 0.2) is 0 Å². The molecule has 20 heavy (non-hydrogen) atoms. The van der Waals surface area contributed by atoms with Gasteiger partial charge < -0.3 is 14.5 Å². The van der Waals surface area contributed by atoms with Gasteiger partial charge in [-0.25, -0.2) is 0 Å². The zero-order valence-corrected chi connectivity index (χ0v) is 13.6. The number of hydrogen-bond acceptors (Lipinski definition) is 4. The second kappa shape index (κ2) is 7.06. The molecule has 0 bridgehead atoms. The van der Waals surface area contributed by atoms with Crippen molar-refractivity contribution in [3.8, 4) is 0 Å². The monoisotopic (exact) mass is 341 g/mol. The Labute approximate surface area is 127 Å². The maximum absolute atomic E-state index is 5.87. The number of hydrogen-bond donors (Lipinski definition) is 1. The Morgan fingerprint density at radius 3 is 2.90 bits per heavy atom. The van der Waals surface area contributed by atoms with E-state index in [-0.39, 0.29) is 6.04 Å². The molecule has 1 unspecified atom stereocenters. The molecule has 0 saturated heterocycles. The molecule has 1 atom stereocenters. The highest BCUT2D eigenvalue weighted by Crippen LogP contribution is 2.29. The largest absolute Gasteiger partial charge is 0.464 e. The van der Waals surface area contributed by atoms with Crippen LogP contribution < -0.4 is 5.32 Å². The number of aryl methyl sites for hydroxylation is 1. The minimum absolute atomic E-state index is 0.0379. The molecule has 110 valence electrons. The van der Waals surface area contributed by atoms with E-state index in [9.17, 15) is 0 Å². The van der Waals surface area contributed by atoms with E-state index in [1.807, 2.05) is 23.9 Å². The molecule has 0 aliphatic carbocycles. The van der Waals surface area contributed by atoms with Crippen LogP contribution in [-0.4, -0.2) is 30.5 Å². The van der Waals surface area contributed by atoms with Crippen LogP contribution in [0.3, 0.4) is 0 Å². The first-order chi connectivity index (χ1) is 9.71. The molecule has 0 aliphatic rings. The van der Waals surface area contributed by atoms with Crippen LogP contribution in [0.25, 0.3) is 0 Å². The third-order valence-electron chi connectivity index (χ3n) is 3.22. The molecule has 0 aliphatic heterocycles. The molecule has 2 rings (SSSR count). The lowest BCUT2D eigenvalue weighted by molar-refractivity contribution is 0.181. The van der Waals surface area contributed by atoms with Crippen LogP contribution in [0.1, 0.15) is 30.2 Å². The van der Waals surface area contributed by atoms with Crippen molar-refractivity contribution in [2.24, 2.45) is 0 Å². The lowest BCUT2D eigenvalue weighted by Gasteiger charge is -2.17. The lowest BCUT2D eigenvalue weighted by atomic mass is 10.1. The second-order valence-electron chi connectivity index (χ2n) is 4.47. The van der Waals surface area contributed by atoms with Crippen molar-refractivity contribution in [2.45, 2.75) is 25.9 Å². The average Bonchev–Trinajstić information content (AvgIpc) is 3.06. The van der Waals surface area contributed by atoms with Gasteiger partial charge in [-0.2, -0.15) is 5.10 Å². The summed E-state index contributed by atoms with van der Waals surface area (Å²) >= 11 is 3.57. The number of furan rings is 1. The first kappa shape index (κ1) is 15.3. The average molecular weight is 342 g/mol. The first-order valence-corrected chi connectivity index (χ1v) is 7.46. The summed E-state index contributed by atoms with van der Waals surface area (Å²) in [6.07, 6.45) is 2.69. The van der Waals surface area contributed by atoms with Crippen LogP contribution in [0.5, 0.6) is 0 Å². The summed E-state index contributed by atoms with van der Waals surface area (Å²) in [5.74, 6) is 1.88. The molecule has 5 nitrogen and oxygen atoms in total. The summed E-state index contributed by atoms with van der Waals surface area (Å²) in [4.78, 5) is 0. The van der Waals surface area contributed by atoms with Crippen molar-refractivity contribution in [1.82, 2.24) is 15.1 Å². The molecule has 1 N–H and O–H groups in total. The third-order valence-corrected chi connectivity index (χ3v) is 3.83. The third kappa shape index (κ3) is 3.13. The van der Waals surface area contributed by atoms with E-state index in [1.54, 1.807) is 13.3 Å². The standard InChI is InChI=1S/C14H20BrN3O2/c1-4-10-5-6-12(20-10)13(16-2)14-11(15)9-17-18(14)7-8-19-3/h5-6,9,13,16H,4,7-8H2,1-3H3. The van der Waals surface area contributed by atoms with Gasteiger partial charge in [-0.05, 0) is 35.1 Å². The summed E-state index contributed by atoms with van der Waals surface area (Å²) in [6, 6.07) is 3.99. The zero-order valence-electron chi connectivity index (χ0n) is 12.0. The summed E-state index contributed by atoms with van der Waals surface area (Å²) < 4.78 is 13.9. The van der Waals surface area contributed by atoms with E-state index < -0.39 is 0 Å². The quantitative estimate of drug-likeness (QED) is 0.841. The number of rotatable bonds is 7. The van der Waals surface area contributed by atoms with Gasteiger partial charge in [0.1, 0.15) is 17.6 Å². The number of halogens is 1. The maximum Gasteiger partial charge on any atom is 0.127 e. The molecule has 0 radical (unpaired) electrons. The smallest absolute Gasteiger partial charge is 0.127 e. The number of aromatic nitrogens is 2. The van der Waals surface area contributed by atoms with Crippen LogP contribution >= 0.6 is 15.9 Å². The predicted octanol–water partition coefficient (Wildman–Crippen LogP) is 2.76. The fourth-order valence-electron chi connectivity index (χ4n) is 2.17. The Morgan fingerprint density at radius 2 is 2.30 bits per heavy atom. The summed E-state index contributed by atoms with van der Waals surface area (Å²) in [5.41, 5.74) is 1.04. The van der Waals surface area contributed by atoms with Crippen molar-refractivity contribution in [1.29, 1.82) is 0 Å². The minimum Gasteiger partial charge on any atom is -0.464 e. The number of nitrogens with one attached hydrogen (secondary N) is 1. The Morgan fingerprint density at radius 1 is 1.50 bits per heavy atom. The second-order valence-corrected chi connectivity index (χ2v) is 5.33. The molecule has 0 amide bonds. The van der Waals surface area contributed by atoms with Crippen LogP contribution in [-0.2, 0) is 17.7 Å². The topological polar surface area (TPSA) is 52.2 Å². The highest BCUT2D eigenvalue weighted by molar-refractivity contribution is 9.10. The fraction of sp³-hybridized carbons (Fsp3) is 0.500. The number of methoxy groups -OCH3 is 1. The molecule has 2 aromatic rings. The van der Waals surface area contributed by atoms with Gasteiger partial charge in [0.2, 0.25) is 0 Å². The van der Waals surface area contributed by atoms with Crippen LogP contribution in [0.15, 0.2) is 27.2 Å². The van der Waals surface area contributed by atoms with E-state index in [0.717, 1.165) is 28.1 Å². The molecular formula is C14H20BrN3O2. The normalized spacial score (nSPS) is 12.8. The van der Waals surface area contributed by atoms with Crippen molar-refractivity contribution in [2.75, 3.05) is 20.8 Å². The molecule has 2 aromatic heterocycles. The number of nitrogens with zero attached hydrogens (tertiary/aromatic N) is 2. The minimum atomic E-state index is -0.0379. The van der Waals surface area contributed by atoms with E-state index in [4.69, 9.17) is 9.15 Å². The van der Waals surface area contributed by atoms with E-state index in [0.29, 0.717) is 13.2 Å². The Bertz CT molecular complexity index is 550. The summed E-state index contributed by atoms with van der Waals surface area (Å²) in [6.45, 7) is 3.41. The van der Waals surface area contributed by atoms with Gasteiger partial charge in [0, 0.05) is 13.5 Å². The Kier molecular flexibility index (Phi) is 5.39. The predicted molar refractivity (Wildman–Crippen MR) is 80.8 cm³/mol. The first-order valence-electron chi connectivity index (χ1n) is 6.67. The lowest BCUT2D eigenvalue weighted by Crippen LogP contribution is -2.22. The molecule has 6 heteroatoms.